The van der Waals surface area contributed by atoms with E-state index in [0.29, 0.717) is 0 Å². The lowest BCUT2D eigenvalue weighted by Gasteiger charge is -2.30. The summed E-state index contributed by atoms with van der Waals surface area (Å²) in [4.78, 5) is 0. The second-order valence-corrected chi connectivity index (χ2v) is 8.39. The lowest BCUT2D eigenvalue weighted by atomic mass is 10.0. The molecular weight excluding hydrogens is 300 g/mol. The molecule has 0 amide bonds. The minimum atomic E-state index is -1.50. The standard InChI is InChI=1S/C10H18O3S2.C3H8O2/c1-10(2)12-7-4-5-11-8(6-15-14-3)9(7)13-10;1-3(2,4)5/h7-9H,4-6H2,1-3H3;4-5H,1-2H3/t7?,8-,9?;/m1./s1. The Kier molecular flexibility index (Phi) is 7.11. The van der Waals surface area contributed by atoms with Gasteiger partial charge >= 0.3 is 0 Å². The van der Waals surface area contributed by atoms with Crippen LogP contribution in [0.3, 0.4) is 0 Å². The second kappa shape index (κ2) is 7.67. The Morgan fingerprint density at radius 2 is 1.85 bits per heavy atom. The van der Waals surface area contributed by atoms with E-state index in [1.54, 1.807) is 10.8 Å². The van der Waals surface area contributed by atoms with Crippen molar-refractivity contribution in [3.05, 3.63) is 0 Å². The van der Waals surface area contributed by atoms with Crippen LogP contribution >= 0.6 is 21.6 Å². The molecule has 2 aliphatic rings. The van der Waals surface area contributed by atoms with E-state index in [0.717, 1.165) is 18.8 Å². The Labute approximate surface area is 129 Å². The van der Waals surface area contributed by atoms with Crippen molar-refractivity contribution in [1.82, 2.24) is 0 Å². The first-order chi connectivity index (χ1) is 9.12. The molecule has 2 rings (SSSR count). The topological polar surface area (TPSA) is 68.2 Å². The molecule has 2 saturated heterocycles. The normalized spacial score (nSPS) is 32.2. The second-order valence-electron chi connectivity index (χ2n) is 5.78. The molecule has 0 aromatic carbocycles. The fourth-order valence-electron chi connectivity index (χ4n) is 2.11. The summed E-state index contributed by atoms with van der Waals surface area (Å²) in [7, 11) is 3.59. The summed E-state index contributed by atoms with van der Waals surface area (Å²) >= 11 is 0. The third kappa shape index (κ3) is 6.98. The van der Waals surface area contributed by atoms with E-state index in [4.69, 9.17) is 24.4 Å². The van der Waals surface area contributed by atoms with E-state index in [9.17, 15) is 0 Å². The highest BCUT2D eigenvalue weighted by Crippen LogP contribution is 2.36. The maximum Gasteiger partial charge on any atom is 0.163 e. The quantitative estimate of drug-likeness (QED) is 0.607. The number of rotatable bonds is 3. The fraction of sp³-hybridized carbons (Fsp3) is 1.00. The highest BCUT2D eigenvalue weighted by Gasteiger charge is 2.47. The Bertz CT molecular complexity index is 287. The summed E-state index contributed by atoms with van der Waals surface area (Å²) in [5.74, 6) is -0.965. The van der Waals surface area contributed by atoms with Gasteiger partial charge in [-0.05, 0) is 40.4 Å². The van der Waals surface area contributed by atoms with Gasteiger partial charge in [0.15, 0.2) is 11.6 Å². The summed E-state index contributed by atoms with van der Waals surface area (Å²) < 4.78 is 17.5. The third-order valence-electron chi connectivity index (χ3n) is 2.67. The van der Waals surface area contributed by atoms with Crippen LogP contribution in [0, 0.1) is 0 Å². The molecule has 2 fully saturated rings. The van der Waals surface area contributed by atoms with Crippen molar-refractivity contribution in [3.8, 4) is 0 Å². The molecule has 0 aromatic heterocycles. The van der Waals surface area contributed by atoms with Crippen molar-refractivity contribution in [2.75, 3.05) is 18.6 Å². The van der Waals surface area contributed by atoms with Crippen molar-refractivity contribution in [1.29, 1.82) is 0 Å². The molecule has 0 saturated carbocycles. The Morgan fingerprint density at radius 3 is 2.40 bits per heavy atom. The molecule has 0 bridgehead atoms. The molecule has 2 heterocycles. The van der Waals surface area contributed by atoms with Gasteiger partial charge in [-0.1, -0.05) is 21.6 Å². The largest absolute Gasteiger partial charge is 0.374 e. The Balaban J connectivity index is 0.000000347. The molecule has 7 heteroatoms. The zero-order valence-corrected chi connectivity index (χ0v) is 14.4. The highest BCUT2D eigenvalue weighted by atomic mass is 33.1. The number of fused-ring (bicyclic) bond motifs is 1. The predicted molar refractivity (Wildman–Crippen MR) is 82.7 cm³/mol. The average Bonchev–Trinajstić information content (AvgIpc) is 2.58. The van der Waals surface area contributed by atoms with Crippen LogP contribution in [-0.4, -0.2) is 58.7 Å². The minimum absolute atomic E-state index is 0.119. The number of hydrogen-bond donors (Lipinski definition) is 2. The number of ether oxygens (including phenoxy) is 3. The van der Waals surface area contributed by atoms with Gasteiger partial charge in [-0.25, -0.2) is 0 Å². The summed E-state index contributed by atoms with van der Waals surface area (Å²) in [5.41, 5.74) is 0. The molecule has 0 aromatic rings. The summed E-state index contributed by atoms with van der Waals surface area (Å²) in [6.07, 6.45) is 3.56. The molecule has 2 unspecified atom stereocenters. The van der Waals surface area contributed by atoms with E-state index >= 15 is 0 Å². The number of hydrogen-bond acceptors (Lipinski definition) is 7. The maximum atomic E-state index is 8.08. The lowest BCUT2D eigenvalue weighted by Crippen LogP contribution is -2.44. The van der Waals surface area contributed by atoms with Crippen LogP contribution in [0.5, 0.6) is 0 Å². The van der Waals surface area contributed by atoms with E-state index in [1.165, 1.54) is 13.8 Å². The van der Waals surface area contributed by atoms with Crippen LogP contribution in [-0.2, 0) is 14.2 Å². The van der Waals surface area contributed by atoms with Gasteiger partial charge in [-0.15, -0.1) is 0 Å². The van der Waals surface area contributed by atoms with Crippen molar-refractivity contribution in [3.63, 3.8) is 0 Å². The summed E-state index contributed by atoms with van der Waals surface area (Å²) in [6, 6.07) is 0. The Morgan fingerprint density at radius 1 is 1.25 bits per heavy atom. The van der Waals surface area contributed by atoms with Gasteiger partial charge in [-0.2, -0.15) is 0 Å². The molecule has 2 aliphatic heterocycles. The van der Waals surface area contributed by atoms with E-state index in [2.05, 4.69) is 6.26 Å². The minimum Gasteiger partial charge on any atom is -0.374 e. The van der Waals surface area contributed by atoms with Crippen LogP contribution in [0.4, 0.5) is 0 Å². The van der Waals surface area contributed by atoms with Crippen molar-refractivity contribution in [2.45, 2.75) is 64.0 Å². The van der Waals surface area contributed by atoms with Crippen molar-refractivity contribution < 1.29 is 24.4 Å². The van der Waals surface area contributed by atoms with E-state index in [1.807, 2.05) is 24.6 Å². The molecule has 0 radical (unpaired) electrons. The highest BCUT2D eigenvalue weighted by molar-refractivity contribution is 8.76. The Hall–Kier alpha value is 0.500. The predicted octanol–water partition coefficient (Wildman–Crippen LogP) is 2.01. The van der Waals surface area contributed by atoms with Gasteiger partial charge in [-0.3, -0.25) is 0 Å². The van der Waals surface area contributed by atoms with Gasteiger partial charge in [0.1, 0.15) is 6.10 Å². The number of aliphatic hydroxyl groups is 2. The van der Waals surface area contributed by atoms with Gasteiger partial charge in [0.05, 0.1) is 12.2 Å². The maximum absolute atomic E-state index is 8.08. The van der Waals surface area contributed by atoms with Gasteiger partial charge in [0, 0.05) is 12.4 Å². The van der Waals surface area contributed by atoms with Crippen LogP contribution in [0.25, 0.3) is 0 Å². The first-order valence-corrected chi connectivity index (χ1v) is 9.43. The molecular formula is C13H26O5S2. The van der Waals surface area contributed by atoms with Gasteiger partial charge in [0.25, 0.3) is 0 Å². The van der Waals surface area contributed by atoms with Crippen LogP contribution < -0.4 is 0 Å². The van der Waals surface area contributed by atoms with Crippen LogP contribution in [0.2, 0.25) is 0 Å². The first kappa shape index (κ1) is 18.5. The third-order valence-corrected chi connectivity index (χ3v) is 4.49. The fourth-order valence-corrected chi connectivity index (χ4v) is 3.48. The zero-order valence-electron chi connectivity index (χ0n) is 12.8. The van der Waals surface area contributed by atoms with Gasteiger partial charge in [0.2, 0.25) is 0 Å². The molecule has 0 spiro atoms. The molecule has 5 nitrogen and oxygen atoms in total. The smallest absolute Gasteiger partial charge is 0.163 e. The molecule has 2 N–H and O–H groups in total. The molecule has 3 atom stereocenters. The van der Waals surface area contributed by atoms with Crippen molar-refractivity contribution in [2.24, 2.45) is 0 Å². The summed E-state index contributed by atoms with van der Waals surface area (Å²) in [5, 5.41) is 16.2. The first-order valence-electron chi connectivity index (χ1n) is 6.70. The lowest BCUT2D eigenvalue weighted by molar-refractivity contribution is -0.151. The van der Waals surface area contributed by atoms with Crippen molar-refractivity contribution >= 4 is 21.6 Å². The molecule has 120 valence electrons. The average molecular weight is 326 g/mol. The van der Waals surface area contributed by atoms with E-state index in [-0.39, 0.29) is 18.3 Å². The zero-order chi connectivity index (χ0) is 15.4. The van der Waals surface area contributed by atoms with Crippen LogP contribution in [0.15, 0.2) is 0 Å². The van der Waals surface area contributed by atoms with E-state index < -0.39 is 11.6 Å². The van der Waals surface area contributed by atoms with Crippen LogP contribution in [0.1, 0.15) is 34.1 Å². The van der Waals surface area contributed by atoms with Gasteiger partial charge < -0.3 is 24.4 Å². The SMILES string of the molecule is CC(C)(O)O.CSSC[C@H]1OCCC2OC(C)(C)OC21. The summed E-state index contributed by atoms with van der Waals surface area (Å²) in [6.45, 7) is 7.34. The molecule has 20 heavy (non-hydrogen) atoms. The monoisotopic (exact) mass is 326 g/mol. The molecule has 0 aliphatic carbocycles.